The van der Waals surface area contributed by atoms with Crippen molar-refractivity contribution in [2.45, 2.75) is 51.6 Å². The third kappa shape index (κ3) is 3.57. The predicted molar refractivity (Wildman–Crippen MR) is 76.1 cm³/mol. The maximum absolute atomic E-state index is 11.1. The summed E-state index contributed by atoms with van der Waals surface area (Å²) in [4.78, 5) is 11.1. The number of carboxylic acid groups (broad SMARTS) is 1. The molecule has 3 nitrogen and oxygen atoms in total. The molecule has 0 aliphatic heterocycles. The molecule has 19 heavy (non-hydrogen) atoms. The van der Waals surface area contributed by atoms with Crippen molar-refractivity contribution in [1.82, 2.24) is 5.32 Å². The van der Waals surface area contributed by atoms with Crippen molar-refractivity contribution in [3.63, 3.8) is 0 Å². The first kappa shape index (κ1) is 14.1. The van der Waals surface area contributed by atoms with Gasteiger partial charge in [0.15, 0.2) is 0 Å². The van der Waals surface area contributed by atoms with Crippen molar-refractivity contribution in [3.8, 4) is 0 Å². The highest BCUT2D eigenvalue weighted by molar-refractivity contribution is 5.70. The van der Waals surface area contributed by atoms with Gasteiger partial charge in [-0.2, -0.15) is 0 Å². The third-order valence-corrected chi connectivity index (χ3v) is 4.16. The van der Waals surface area contributed by atoms with E-state index in [0.29, 0.717) is 6.04 Å². The van der Waals surface area contributed by atoms with Gasteiger partial charge < -0.3 is 10.4 Å². The lowest BCUT2D eigenvalue weighted by molar-refractivity contribution is -0.143. The Morgan fingerprint density at radius 2 is 2.11 bits per heavy atom. The summed E-state index contributed by atoms with van der Waals surface area (Å²) >= 11 is 0. The SMILES string of the molecule is Cc1ccccc1[C@H](C)NC1CCCC(C(=O)O)C1. The van der Waals surface area contributed by atoms with E-state index < -0.39 is 5.97 Å². The molecule has 0 radical (unpaired) electrons. The Kier molecular flexibility index (Phi) is 4.59. The Morgan fingerprint density at radius 3 is 2.79 bits per heavy atom. The minimum absolute atomic E-state index is 0.171. The van der Waals surface area contributed by atoms with E-state index in [4.69, 9.17) is 5.11 Å². The Bertz CT molecular complexity index is 444. The third-order valence-electron chi connectivity index (χ3n) is 4.16. The summed E-state index contributed by atoms with van der Waals surface area (Å²) in [5.74, 6) is -0.814. The molecule has 2 N–H and O–H groups in total. The molecule has 3 heteroatoms. The molecule has 0 amide bonds. The van der Waals surface area contributed by atoms with E-state index in [1.165, 1.54) is 11.1 Å². The van der Waals surface area contributed by atoms with Gasteiger partial charge in [-0.25, -0.2) is 0 Å². The second-order valence-electron chi connectivity index (χ2n) is 5.64. The summed E-state index contributed by atoms with van der Waals surface area (Å²) < 4.78 is 0. The van der Waals surface area contributed by atoms with Crippen molar-refractivity contribution < 1.29 is 9.90 Å². The monoisotopic (exact) mass is 261 g/mol. The van der Waals surface area contributed by atoms with Crippen LogP contribution in [0.5, 0.6) is 0 Å². The van der Waals surface area contributed by atoms with Gasteiger partial charge in [-0.3, -0.25) is 4.79 Å². The zero-order valence-corrected chi connectivity index (χ0v) is 11.7. The standard InChI is InChI=1S/C16H23NO2/c1-11-6-3-4-9-15(11)12(2)17-14-8-5-7-13(10-14)16(18)19/h3-4,6,9,12-14,17H,5,7-8,10H2,1-2H3,(H,18,19)/t12-,13?,14?/m0/s1. The van der Waals surface area contributed by atoms with Crippen LogP contribution in [-0.4, -0.2) is 17.1 Å². The predicted octanol–water partition coefficient (Wildman–Crippen LogP) is 3.29. The number of carboxylic acids is 1. The number of hydrogen-bond acceptors (Lipinski definition) is 2. The average molecular weight is 261 g/mol. The highest BCUT2D eigenvalue weighted by Crippen LogP contribution is 2.27. The number of aryl methyl sites for hydroxylation is 1. The molecule has 1 aliphatic carbocycles. The van der Waals surface area contributed by atoms with Gasteiger partial charge in [-0.15, -0.1) is 0 Å². The van der Waals surface area contributed by atoms with Crippen molar-refractivity contribution >= 4 is 5.97 Å². The fourth-order valence-corrected chi connectivity index (χ4v) is 3.08. The van der Waals surface area contributed by atoms with Gasteiger partial charge in [0.1, 0.15) is 0 Å². The molecule has 3 atom stereocenters. The molecule has 2 rings (SSSR count). The zero-order chi connectivity index (χ0) is 13.8. The number of benzene rings is 1. The van der Waals surface area contributed by atoms with Crippen LogP contribution in [0.25, 0.3) is 0 Å². The maximum atomic E-state index is 11.1. The Labute approximate surface area is 115 Å². The smallest absolute Gasteiger partial charge is 0.306 e. The van der Waals surface area contributed by atoms with Gasteiger partial charge >= 0.3 is 5.97 Å². The highest BCUT2D eigenvalue weighted by atomic mass is 16.4. The second kappa shape index (κ2) is 6.20. The largest absolute Gasteiger partial charge is 0.481 e. The van der Waals surface area contributed by atoms with E-state index in [9.17, 15) is 4.79 Å². The van der Waals surface area contributed by atoms with Crippen molar-refractivity contribution in [1.29, 1.82) is 0 Å². The molecule has 0 aromatic heterocycles. The molecule has 2 unspecified atom stereocenters. The Hall–Kier alpha value is -1.35. The minimum Gasteiger partial charge on any atom is -0.481 e. The molecule has 0 saturated heterocycles. The van der Waals surface area contributed by atoms with Gasteiger partial charge in [-0.1, -0.05) is 30.7 Å². The summed E-state index contributed by atoms with van der Waals surface area (Å²) in [5.41, 5.74) is 2.59. The normalized spacial score (nSPS) is 24.9. The van der Waals surface area contributed by atoms with Gasteiger partial charge in [0.2, 0.25) is 0 Å². The number of hydrogen-bond donors (Lipinski definition) is 2. The fourth-order valence-electron chi connectivity index (χ4n) is 3.08. The Morgan fingerprint density at radius 1 is 1.37 bits per heavy atom. The van der Waals surface area contributed by atoms with E-state index in [1.807, 2.05) is 6.07 Å². The quantitative estimate of drug-likeness (QED) is 0.874. The number of carbonyl (C=O) groups is 1. The molecule has 1 aromatic carbocycles. The van der Waals surface area contributed by atoms with Gasteiger partial charge in [0, 0.05) is 12.1 Å². The molecule has 1 aromatic rings. The summed E-state index contributed by atoms with van der Waals surface area (Å²) in [6.07, 6.45) is 3.67. The van der Waals surface area contributed by atoms with Crippen molar-refractivity contribution in [3.05, 3.63) is 35.4 Å². The van der Waals surface area contributed by atoms with Crippen molar-refractivity contribution in [2.24, 2.45) is 5.92 Å². The van der Waals surface area contributed by atoms with Crippen LogP contribution in [-0.2, 0) is 4.79 Å². The summed E-state index contributed by atoms with van der Waals surface area (Å²) in [7, 11) is 0. The van der Waals surface area contributed by atoms with Crippen LogP contribution in [0, 0.1) is 12.8 Å². The molecule has 1 aliphatic rings. The number of rotatable bonds is 4. The first-order chi connectivity index (χ1) is 9.08. The fraction of sp³-hybridized carbons (Fsp3) is 0.562. The van der Waals surface area contributed by atoms with Crippen molar-refractivity contribution in [2.75, 3.05) is 0 Å². The molecular formula is C16H23NO2. The van der Waals surface area contributed by atoms with Gasteiger partial charge in [0.25, 0.3) is 0 Å². The zero-order valence-electron chi connectivity index (χ0n) is 11.7. The van der Waals surface area contributed by atoms with E-state index in [-0.39, 0.29) is 12.0 Å². The Balaban J connectivity index is 1.97. The lowest BCUT2D eigenvalue weighted by Gasteiger charge is -2.30. The van der Waals surface area contributed by atoms with Crippen LogP contribution in [0.3, 0.4) is 0 Å². The van der Waals surface area contributed by atoms with Gasteiger partial charge in [0.05, 0.1) is 5.92 Å². The minimum atomic E-state index is -0.643. The first-order valence-electron chi connectivity index (χ1n) is 7.12. The van der Waals surface area contributed by atoms with Crippen LogP contribution in [0.2, 0.25) is 0 Å². The average Bonchev–Trinajstić information content (AvgIpc) is 2.39. The second-order valence-corrected chi connectivity index (χ2v) is 5.64. The molecule has 0 heterocycles. The van der Waals surface area contributed by atoms with Crippen LogP contribution >= 0.6 is 0 Å². The molecule has 1 saturated carbocycles. The number of nitrogens with one attached hydrogen (secondary N) is 1. The van der Waals surface area contributed by atoms with E-state index in [0.717, 1.165) is 25.7 Å². The van der Waals surface area contributed by atoms with Crippen LogP contribution in [0.1, 0.15) is 49.8 Å². The first-order valence-corrected chi connectivity index (χ1v) is 7.12. The van der Waals surface area contributed by atoms with E-state index >= 15 is 0 Å². The summed E-state index contributed by atoms with van der Waals surface area (Å²) in [6, 6.07) is 8.97. The molecule has 1 fully saturated rings. The topological polar surface area (TPSA) is 49.3 Å². The van der Waals surface area contributed by atoms with Gasteiger partial charge in [-0.05, 0) is 44.2 Å². The molecule has 104 valence electrons. The summed E-state index contributed by atoms with van der Waals surface area (Å²) in [5, 5.41) is 12.7. The lowest BCUT2D eigenvalue weighted by atomic mass is 9.85. The lowest BCUT2D eigenvalue weighted by Crippen LogP contribution is -2.37. The van der Waals surface area contributed by atoms with E-state index in [1.54, 1.807) is 0 Å². The maximum Gasteiger partial charge on any atom is 0.306 e. The molecular weight excluding hydrogens is 238 g/mol. The van der Waals surface area contributed by atoms with E-state index in [2.05, 4.69) is 37.4 Å². The molecule has 0 spiro atoms. The van der Waals surface area contributed by atoms with Crippen LogP contribution in [0.15, 0.2) is 24.3 Å². The molecule has 0 bridgehead atoms. The number of aliphatic carboxylic acids is 1. The summed E-state index contributed by atoms with van der Waals surface area (Å²) in [6.45, 7) is 4.28. The van der Waals surface area contributed by atoms with Crippen LogP contribution in [0.4, 0.5) is 0 Å². The van der Waals surface area contributed by atoms with Crippen LogP contribution < -0.4 is 5.32 Å². The highest BCUT2D eigenvalue weighted by Gasteiger charge is 2.27.